The summed E-state index contributed by atoms with van der Waals surface area (Å²) in [6, 6.07) is 0. The topological polar surface area (TPSA) is 67.2 Å². The molecule has 96 valence electrons. The predicted molar refractivity (Wildman–Crippen MR) is 65.9 cm³/mol. The lowest BCUT2D eigenvalue weighted by atomic mass is 9.90. The summed E-state index contributed by atoms with van der Waals surface area (Å²) in [5.74, 6) is 0.191. The Morgan fingerprint density at radius 3 is 2.76 bits per heavy atom. The van der Waals surface area contributed by atoms with Crippen LogP contribution < -0.4 is 5.32 Å². The number of aliphatic carboxylic acids is 1. The summed E-state index contributed by atoms with van der Waals surface area (Å²) in [6.07, 6.45) is 5.70. The number of aryl methyl sites for hydroxylation is 2. The Labute approximate surface area is 102 Å². The first kappa shape index (κ1) is 13.7. The third-order valence-electron chi connectivity index (χ3n) is 3.42. The normalized spacial score (nSPS) is 14.5. The molecule has 2 N–H and O–H groups in total. The van der Waals surface area contributed by atoms with Crippen LogP contribution in [-0.4, -0.2) is 33.2 Å². The molecule has 0 fully saturated rings. The van der Waals surface area contributed by atoms with Crippen molar-refractivity contribution in [1.29, 1.82) is 0 Å². The summed E-state index contributed by atoms with van der Waals surface area (Å²) in [5.41, 5.74) is -0.797. The highest BCUT2D eigenvalue weighted by Gasteiger charge is 2.34. The summed E-state index contributed by atoms with van der Waals surface area (Å²) in [5, 5.41) is 12.2. The number of hydrogen-bond acceptors (Lipinski definition) is 3. The Bertz CT molecular complexity index is 370. The van der Waals surface area contributed by atoms with E-state index in [1.807, 2.05) is 24.6 Å². The van der Waals surface area contributed by atoms with Crippen LogP contribution in [0.25, 0.3) is 0 Å². The molecule has 1 aromatic heterocycles. The molecule has 1 aromatic rings. The van der Waals surface area contributed by atoms with Crippen LogP contribution >= 0.6 is 0 Å². The first-order valence-corrected chi connectivity index (χ1v) is 5.96. The molecule has 0 saturated heterocycles. The molecule has 0 spiro atoms. The van der Waals surface area contributed by atoms with Gasteiger partial charge in [0.05, 0.1) is 0 Å². The predicted octanol–water partition coefficient (Wildman–Crippen LogP) is 1.42. The average Bonchev–Trinajstić information content (AvgIpc) is 2.70. The molecule has 0 aliphatic carbocycles. The smallest absolute Gasteiger partial charge is 0.323 e. The number of rotatable bonds is 7. The molecule has 17 heavy (non-hydrogen) atoms. The van der Waals surface area contributed by atoms with Gasteiger partial charge in [-0.15, -0.1) is 0 Å². The average molecular weight is 239 g/mol. The molecular formula is C12H21N3O2. The van der Waals surface area contributed by atoms with Gasteiger partial charge in [0.2, 0.25) is 0 Å². The van der Waals surface area contributed by atoms with Crippen molar-refractivity contribution in [2.24, 2.45) is 0 Å². The second-order valence-electron chi connectivity index (χ2n) is 4.26. The lowest BCUT2D eigenvalue weighted by molar-refractivity contribution is -0.145. The third-order valence-corrected chi connectivity index (χ3v) is 3.42. The standard InChI is InChI=1S/C12H21N3O2/c1-4-12(13-3,11(16)17)6-5-8-15-9-7-14-10(15)2/h7,9,13H,4-6,8H2,1-3H3,(H,16,17). The number of likely N-dealkylation sites (N-methyl/N-ethyl adjacent to an activating group) is 1. The van der Waals surface area contributed by atoms with Gasteiger partial charge in [0, 0.05) is 18.9 Å². The van der Waals surface area contributed by atoms with Crippen LogP contribution in [0, 0.1) is 6.92 Å². The van der Waals surface area contributed by atoms with Gasteiger partial charge < -0.3 is 15.0 Å². The highest BCUT2D eigenvalue weighted by molar-refractivity contribution is 5.78. The first-order chi connectivity index (χ1) is 8.05. The van der Waals surface area contributed by atoms with E-state index in [0.717, 1.165) is 18.8 Å². The Morgan fingerprint density at radius 1 is 1.65 bits per heavy atom. The van der Waals surface area contributed by atoms with Gasteiger partial charge in [0.25, 0.3) is 0 Å². The van der Waals surface area contributed by atoms with Crippen molar-refractivity contribution in [2.75, 3.05) is 7.05 Å². The van der Waals surface area contributed by atoms with Gasteiger partial charge >= 0.3 is 5.97 Å². The minimum atomic E-state index is -0.797. The number of aromatic nitrogens is 2. The largest absolute Gasteiger partial charge is 0.480 e. The SMILES string of the molecule is CCC(CCCn1ccnc1C)(NC)C(=O)O. The molecule has 0 saturated carbocycles. The van der Waals surface area contributed by atoms with E-state index in [9.17, 15) is 9.90 Å². The van der Waals surface area contributed by atoms with E-state index < -0.39 is 11.5 Å². The van der Waals surface area contributed by atoms with Crippen molar-refractivity contribution in [3.63, 3.8) is 0 Å². The van der Waals surface area contributed by atoms with Crippen LogP contribution in [0.1, 0.15) is 32.0 Å². The zero-order valence-electron chi connectivity index (χ0n) is 10.7. The number of nitrogens with one attached hydrogen (secondary N) is 1. The van der Waals surface area contributed by atoms with Crippen LogP contribution in [0.5, 0.6) is 0 Å². The monoisotopic (exact) mass is 239 g/mol. The molecule has 0 amide bonds. The molecule has 0 bridgehead atoms. The highest BCUT2D eigenvalue weighted by Crippen LogP contribution is 2.18. The number of carboxylic acid groups (broad SMARTS) is 1. The lowest BCUT2D eigenvalue weighted by Gasteiger charge is -2.27. The van der Waals surface area contributed by atoms with E-state index in [1.54, 1.807) is 13.2 Å². The van der Waals surface area contributed by atoms with Crippen molar-refractivity contribution in [1.82, 2.24) is 14.9 Å². The molecule has 1 heterocycles. The molecule has 0 aliphatic heterocycles. The van der Waals surface area contributed by atoms with Gasteiger partial charge in [0.15, 0.2) is 0 Å². The van der Waals surface area contributed by atoms with Crippen LogP contribution in [-0.2, 0) is 11.3 Å². The zero-order chi connectivity index (χ0) is 12.9. The van der Waals surface area contributed by atoms with E-state index in [0.29, 0.717) is 12.8 Å². The van der Waals surface area contributed by atoms with Gasteiger partial charge in [-0.1, -0.05) is 6.92 Å². The van der Waals surface area contributed by atoms with Crippen LogP contribution in [0.15, 0.2) is 12.4 Å². The van der Waals surface area contributed by atoms with Crippen molar-refractivity contribution >= 4 is 5.97 Å². The quantitative estimate of drug-likeness (QED) is 0.755. The molecule has 1 unspecified atom stereocenters. The van der Waals surface area contributed by atoms with E-state index in [1.165, 1.54) is 0 Å². The number of carbonyl (C=O) groups is 1. The molecule has 1 atom stereocenters. The summed E-state index contributed by atoms with van der Waals surface area (Å²) >= 11 is 0. The van der Waals surface area contributed by atoms with Crippen LogP contribution in [0.3, 0.4) is 0 Å². The molecule has 1 rings (SSSR count). The van der Waals surface area contributed by atoms with Gasteiger partial charge in [-0.05, 0) is 33.2 Å². The summed E-state index contributed by atoms with van der Waals surface area (Å²) < 4.78 is 2.04. The molecule has 0 aliphatic rings. The summed E-state index contributed by atoms with van der Waals surface area (Å²) in [4.78, 5) is 15.4. The van der Waals surface area contributed by atoms with E-state index in [2.05, 4.69) is 10.3 Å². The van der Waals surface area contributed by atoms with E-state index in [-0.39, 0.29) is 0 Å². The Kier molecular flexibility index (Phi) is 4.69. The Morgan fingerprint density at radius 2 is 2.35 bits per heavy atom. The Hall–Kier alpha value is -1.36. The lowest BCUT2D eigenvalue weighted by Crippen LogP contribution is -2.49. The van der Waals surface area contributed by atoms with E-state index >= 15 is 0 Å². The van der Waals surface area contributed by atoms with Crippen LogP contribution in [0.2, 0.25) is 0 Å². The second-order valence-corrected chi connectivity index (χ2v) is 4.26. The number of hydrogen-bond donors (Lipinski definition) is 2. The zero-order valence-corrected chi connectivity index (χ0v) is 10.7. The number of nitrogens with zero attached hydrogens (tertiary/aromatic N) is 2. The molecule has 5 nitrogen and oxygen atoms in total. The minimum absolute atomic E-state index is 0.585. The van der Waals surface area contributed by atoms with Gasteiger partial charge in [-0.3, -0.25) is 4.79 Å². The summed E-state index contributed by atoms with van der Waals surface area (Å²) in [6.45, 7) is 4.65. The summed E-state index contributed by atoms with van der Waals surface area (Å²) in [7, 11) is 1.71. The van der Waals surface area contributed by atoms with Crippen molar-refractivity contribution in [3.05, 3.63) is 18.2 Å². The van der Waals surface area contributed by atoms with Crippen molar-refractivity contribution < 1.29 is 9.90 Å². The maximum Gasteiger partial charge on any atom is 0.323 e. The minimum Gasteiger partial charge on any atom is -0.480 e. The Balaban J connectivity index is 2.54. The van der Waals surface area contributed by atoms with Gasteiger partial charge in [0.1, 0.15) is 11.4 Å². The fourth-order valence-electron chi connectivity index (χ4n) is 2.03. The maximum absolute atomic E-state index is 11.3. The molecule has 5 heteroatoms. The van der Waals surface area contributed by atoms with E-state index in [4.69, 9.17) is 0 Å². The fourth-order valence-corrected chi connectivity index (χ4v) is 2.03. The molecular weight excluding hydrogens is 218 g/mol. The third kappa shape index (κ3) is 3.06. The molecule has 0 aromatic carbocycles. The van der Waals surface area contributed by atoms with Gasteiger partial charge in [-0.2, -0.15) is 0 Å². The fraction of sp³-hybridized carbons (Fsp3) is 0.667. The second kappa shape index (κ2) is 5.82. The van der Waals surface area contributed by atoms with Gasteiger partial charge in [-0.25, -0.2) is 4.98 Å². The maximum atomic E-state index is 11.3. The number of carboxylic acids is 1. The molecule has 0 radical (unpaired) electrons. The van der Waals surface area contributed by atoms with Crippen LogP contribution in [0.4, 0.5) is 0 Å². The number of imidazole rings is 1. The first-order valence-electron chi connectivity index (χ1n) is 5.96. The van der Waals surface area contributed by atoms with Crippen molar-refractivity contribution in [3.8, 4) is 0 Å². The highest BCUT2D eigenvalue weighted by atomic mass is 16.4. The van der Waals surface area contributed by atoms with Crippen molar-refractivity contribution in [2.45, 2.75) is 45.2 Å².